The number of esters is 2. The number of aromatic nitrogens is 1. The molecule has 2 aromatic heterocycles. The van der Waals surface area contributed by atoms with E-state index in [1.807, 2.05) is 0 Å². The van der Waals surface area contributed by atoms with Gasteiger partial charge in [0.1, 0.15) is 17.3 Å². The fourth-order valence-corrected chi connectivity index (χ4v) is 5.38. The van der Waals surface area contributed by atoms with E-state index >= 15 is 0 Å². The third kappa shape index (κ3) is 4.98. The lowest BCUT2D eigenvalue weighted by Gasteiger charge is -2.24. The summed E-state index contributed by atoms with van der Waals surface area (Å²) in [4.78, 5) is 43.2. The molecule has 3 heterocycles. The highest BCUT2D eigenvalue weighted by molar-refractivity contribution is 7.07. The van der Waals surface area contributed by atoms with Crippen LogP contribution in [0.25, 0.3) is 17.4 Å². The zero-order valence-electron chi connectivity index (χ0n) is 21.3. The molecular formula is C29H23FN2O6S. The standard InChI is InChI=1S/C29H23FN2O6S/c1-4-37-28(35)24-16(2)31-29-32(25(24)18-9-11-20(30)12-10-18)26(33)23(39-29)15-21-13-14-22(38-21)17-5-7-19(8-6-17)27(34)36-3/h5-15,25H,4H2,1-3H3/b23-15-/t25-/m0/s1. The summed E-state index contributed by atoms with van der Waals surface area (Å²) in [6.07, 6.45) is 1.61. The Bertz CT molecular complexity index is 1780. The molecule has 0 N–H and O–H groups in total. The van der Waals surface area contributed by atoms with Gasteiger partial charge in [0.15, 0.2) is 4.80 Å². The first-order valence-corrected chi connectivity index (χ1v) is 12.9. The van der Waals surface area contributed by atoms with Gasteiger partial charge in [0, 0.05) is 11.6 Å². The van der Waals surface area contributed by atoms with Crippen LogP contribution in [0.15, 0.2) is 86.1 Å². The number of methoxy groups -OCH3 is 1. The number of carbonyl (C=O) groups is 2. The van der Waals surface area contributed by atoms with Crippen LogP contribution in [-0.2, 0) is 14.3 Å². The van der Waals surface area contributed by atoms with Crippen LogP contribution in [0.3, 0.4) is 0 Å². The third-order valence-corrected chi connectivity index (χ3v) is 7.18. The Labute approximate surface area is 226 Å². The molecule has 39 heavy (non-hydrogen) atoms. The van der Waals surface area contributed by atoms with E-state index in [1.54, 1.807) is 68.5 Å². The van der Waals surface area contributed by atoms with Gasteiger partial charge in [0.2, 0.25) is 0 Å². The van der Waals surface area contributed by atoms with Crippen molar-refractivity contribution in [3.63, 3.8) is 0 Å². The SMILES string of the molecule is CCOC(=O)C1=C(C)N=c2s/c(=C\c3ccc(-c4ccc(C(=O)OC)cc4)o3)c(=O)n2[C@H]1c1ccc(F)cc1. The molecule has 10 heteroatoms. The number of halogens is 1. The fourth-order valence-electron chi connectivity index (χ4n) is 4.36. The number of thiazole rings is 1. The van der Waals surface area contributed by atoms with Gasteiger partial charge in [-0.1, -0.05) is 35.6 Å². The molecule has 0 bridgehead atoms. The predicted molar refractivity (Wildman–Crippen MR) is 142 cm³/mol. The zero-order valence-corrected chi connectivity index (χ0v) is 22.1. The highest BCUT2D eigenvalue weighted by atomic mass is 32.1. The van der Waals surface area contributed by atoms with Gasteiger partial charge in [-0.15, -0.1) is 0 Å². The summed E-state index contributed by atoms with van der Waals surface area (Å²) in [6, 6.07) is 15.1. The Morgan fingerprint density at radius 1 is 1.08 bits per heavy atom. The van der Waals surface area contributed by atoms with Crippen LogP contribution in [0.1, 0.15) is 41.6 Å². The topological polar surface area (TPSA) is 100 Å². The van der Waals surface area contributed by atoms with Crippen LogP contribution in [-0.4, -0.2) is 30.2 Å². The molecule has 0 radical (unpaired) electrons. The van der Waals surface area contributed by atoms with Gasteiger partial charge in [-0.25, -0.2) is 19.0 Å². The molecule has 0 unspecified atom stereocenters. The molecule has 2 aromatic carbocycles. The average molecular weight is 547 g/mol. The number of nitrogens with zero attached hydrogens (tertiary/aromatic N) is 2. The Morgan fingerprint density at radius 3 is 2.46 bits per heavy atom. The quantitative estimate of drug-likeness (QED) is 0.339. The maximum absolute atomic E-state index is 13.7. The average Bonchev–Trinajstić information content (AvgIpc) is 3.52. The van der Waals surface area contributed by atoms with Crippen molar-refractivity contribution in [1.82, 2.24) is 4.57 Å². The molecular weight excluding hydrogens is 523 g/mol. The molecule has 0 saturated heterocycles. The fraction of sp³-hybridized carbons (Fsp3) is 0.172. The summed E-state index contributed by atoms with van der Waals surface area (Å²) in [6.45, 7) is 3.54. The van der Waals surface area contributed by atoms with Crippen molar-refractivity contribution in [1.29, 1.82) is 0 Å². The van der Waals surface area contributed by atoms with Gasteiger partial charge in [0.05, 0.1) is 41.1 Å². The molecule has 0 aliphatic carbocycles. The van der Waals surface area contributed by atoms with Gasteiger partial charge in [0.25, 0.3) is 5.56 Å². The normalized spacial score (nSPS) is 15.1. The van der Waals surface area contributed by atoms with Crippen molar-refractivity contribution in [3.8, 4) is 11.3 Å². The largest absolute Gasteiger partial charge is 0.465 e. The molecule has 1 aliphatic heterocycles. The van der Waals surface area contributed by atoms with Gasteiger partial charge < -0.3 is 13.9 Å². The molecule has 4 aromatic rings. The van der Waals surface area contributed by atoms with E-state index in [-0.39, 0.29) is 17.7 Å². The second-order valence-electron chi connectivity index (χ2n) is 8.62. The van der Waals surface area contributed by atoms with Gasteiger partial charge in [-0.2, -0.15) is 0 Å². The smallest absolute Gasteiger partial charge is 0.338 e. The number of allylic oxidation sites excluding steroid dienone is 1. The van der Waals surface area contributed by atoms with Gasteiger partial charge >= 0.3 is 11.9 Å². The minimum atomic E-state index is -0.830. The summed E-state index contributed by atoms with van der Waals surface area (Å²) in [5, 5.41) is 0. The highest BCUT2D eigenvalue weighted by Crippen LogP contribution is 2.31. The first-order valence-electron chi connectivity index (χ1n) is 12.0. The minimum Gasteiger partial charge on any atom is -0.465 e. The van der Waals surface area contributed by atoms with Crippen LogP contribution in [0.4, 0.5) is 4.39 Å². The van der Waals surface area contributed by atoms with E-state index < -0.39 is 23.8 Å². The van der Waals surface area contributed by atoms with Crippen molar-refractivity contribution < 1.29 is 27.9 Å². The number of ether oxygens (including phenoxy) is 2. The van der Waals surface area contributed by atoms with E-state index in [0.717, 1.165) is 16.9 Å². The minimum absolute atomic E-state index is 0.155. The van der Waals surface area contributed by atoms with Crippen LogP contribution in [0.5, 0.6) is 0 Å². The number of benzene rings is 2. The van der Waals surface area contributed by atoms with Crippen molar-refractivity contribution in [2.75, 3.05) is 13.7 Å². The van der Waals surface area contributed by atoms with E-state index in [0.29, 0.717) is 37.7 Å². The first-order chi connectivity index (χ1) is 18.8. The predicted octanol–water partition coefficient (Wildman–Crippen LogP) is 3.98. The van der Waals surface area contributed by atoms with Crippen molar-refractivity contribution >= 4 is 29.4 Å². The molecule has 5 rings (SSSR count). The number of carbonyl (C=O) groups excluding carboxylic acids is 2. The Morgan fingerprint density at radius 2 is 1.79 bits per heavy atom. The van der Waals surface area contributed by atoms with Crippen molar-refractivity contribution in [2.45, 2.75) is 19.9 Å². The molecule has 0 amide bonds. The van der Waals surface area contributed by atoms with Crippen molar-refractivity contribution in [3.05, 3.63) is 114 Å². The van der Waals surface area contributed by atoms with Gasteiger partial charge in [-0.3, -0.25) is 9.36 Å². The lowest BCUT2D eigenvalue weighted by molar-refractivity contribution is -0.139. The van der Waals surface area contributed by atoms with Gasteiger partial charge in [-0.05, 0) is 55.8 Å². The summed E-state index contributed by atoms with van der Waals surface area (Å²) < 4.78 is 31.4. The van der Waals surface area contributed by atoms with E-state index in [4.69, 9.17) is 13.9 Å². The highest BCUT2D eigenvalue weighted by Gasteiger charge is 2.33. The first kappa shape index (κ1) is 26.1. The second-order valence-corrected chi connectivity index (χ2v) is 9.63. The summed E-state index contributed by atoms with van der Waals surface area (Å²) in [7, 11) is 1.32. The van der Waals surface area contributed by atoms with Crippen LogP contribution in [0.2, 0.25) is 0 Å². The van der Waals surface area contributed by atoms with Crippen LogP contribution < -0.4 is 14.9 Å². The molecule has 0 spiro atoms. The zero-order chi connectivity index (χ0) is 27.7. The summed E-state index contributed by atoms with van der Waals surface area (Å²) in [5.41, 5.74) is 1.99. The summed E-state index contributed by atoms with van der Waals surface area (Å²) in [5.74, 6) is -0.464. The molecule has 1 atom stereocenters. The lowest BCUT2D eigenvalue weighted by Crippen LogP contribution is -2.39. The maximum Gasteiger partial charge on any atom is 0.338 e. The number of rotatable bonds is 6. The third-order valence-electron chi connectivity index (χ3n) is 6.19. The van der Waals surface area contributed by atoms with E-state index in [9.17, 15) is 18.8 Å². The molecule has 8 nitrogen and oxygen atoms in total. The van der Waals surface area contributed by atoms with Crippen LogP contribution in [0, 0.1) is 5.82 Å². The monoisotopic (exact) mass is 546 g/mol. The number of hydrogen-bond acceptors (Lipinski definition) is 8. The second kappa shape index (κ2) is 10.7. The van der Waals surface area contributed by atoms with E-state index in [1.165, 1.54) is 23.8 Å². The number of furan rings is 1. The van der Waals surface area contributed by atoms with Crippen molar-refractivity contribution in [2.24, 2.45) is 4.99 Å². The number of hydrogen-bond donors (Lipinski definition) is 0. The maximum atomic E-state index is 13.7. The lowest BCUT2D eigenvalue weighted by atomic mass is 9.96. The Balaban J connectivity index is 1.57. The van der Waals surface area contributed by atoms with Crippen LogP contribution >= 0.6 is 11.3 Å². The van der Waals surface area contributed by atoms with E-state index in [2.05, 4.69) is 4.99 Å². The molecule has 1 aliphatic rings. The number of fused-ring (bicyclic) bond motifs is 1. The molecule has 0 fully saturated rings. The molecule has 0 saturated carbocycles. The Hall–Kier alpha value is -4.57. The Kier molecular flexibility index (Phi) is 7.12. The molecule has 198 valence electrons. The summed E-state index contributed by atoms with van der Waals surface area (Å²) >= 11 is 1.16.